The molecular formula is C14H28N2O2. The highest BCUT2D eigenvalue weighted by Crippen LogP contribution is 2.34. The first-order valence-electron chi connectivity index (χ1n) is 6.99. The molecule has 1 aliphatic carbocycles. The molecule has 0 heterocycles. The zero-order valence-corrected chi connectivity index (χ0v) is 12.2. The van der Waals surface area contributed by atoms with Crippen molar-refractivity contribution in [2.24, 2.45) is 11.3 Å². The molecule has 0 unspecified atom stereocenters. The van der Waals surface area contributed by atoms with Crippen molar-refractivity contribution in [1.29, 1.82) is 0 Å². The molecular weight excluding hydrogens is 228 g/mol. The minimum Gasteiger partial charge on any atom is -0.390 e. The van der Waals surface area contributed by atoms with Gasteiger partial charge in [-0.3, -0.25) is 0 Å². The fraction of sp³-hybridized carbons (Fsp3) is 0.929. The fourth-order valence-electron chi connectivity index (χ4n) is 1.82. The van der Waals surface area contributed by atoms with Gasteiger partial charge >= 0.3 is 6.03 Å². The lowest BCUT2D eigenvalue weighted by Crippen LogP contribution is -2.45. The van der Waals surface area contributed by atoms with Crippen molar-refractivity contribution in [3.05, 3.63) is 0 Å². The number of aliphatic hydroxyl groups is 1. The van der Waals surface area contributed by atoms with Crippen molar-refractivity contribution in [3.8, 4) is 0 Å². The lowest BCUT2D eigenvalue weighted by atomic mass is 9.78. The van der Waals surface area contributed by atoms with E-state index in [9.17, 15) is 9.90 Å². The number of hydrogen-bond donors (Lipinski definition) is 3. The summed E-state index contributed by atoms with van der Waals surface area (Å²) in [6.07, 6.45) is 3.51. The number of carbonyl (C=O) groups is 1. The molecule has 0 aromatic rings. The van der Waals surface area contributed by atoms with Gasteiger partial charge in [0.2, 0.25) is 0 Å². The van der Waals surface area contributed by atoms with Crippen LogP contribution in [0.1, 0.15) is 53.4 Å². The molecule has 0 aliphatic heterocycles. The molecule has 2 amide bonds. The molecule has 1 saturated carbocycles. The lowest BCUT2D eigenvalue weighted by Gasteiger charge is -2.36. The minimum atomic E-state index is -0.509. The molecule has 0 spiro atoms. The summed E-state index contributed by atoms with van der Waals surface area (Å²) in [5.41, 5.74) is -0.409. The lowest BCUT2D eigenvalue weighted by molar-refractivity contribution is -0.0389. The predicted octanol–water partition coefficient (Wildman–Crippen LogP) is 2.27. The maximum atomic E-state index is 11.6. The first-order chi connectivity index (χ1) is 8.25. The van der Waals surface area contributed by atoms with Crippen molar-refractivity contribution in [1.82, 2.24) is 10.6 Å². The van der Waals surface area contributed by atoms with Gasteiger partial charge in [0, 0.05) is 13.1 Å². The third kappa shape index (κ3) is 4.48. The standard InChI is InChI=1S/C14H28N2O2/c1-11(2)13(3,4)10-16-12(17)15-9-8-14(18)6-5-7-14/h11,18H,5-10H2,1-4H3,(H2,15,16,17). The number of carbonyl (C=O) groups excluding carboxylic acids is 1. The van der Waals surface area contributed by atoms with Crippen LogP contribution in [-0.2, 0) is 0 Å². The maximum absolute atomic E-state index is 11.6. The third-order valence-electron chi connectivity index (χ3n) is 4.43. The molecule has 1 fully saturated rings. The van der Waals surface area contributed by atoms with Gasteiger partial charge in [0.05, 0.1) is 5.60 Å². The van der Waals surface area contributed by atoms with Crippen molar-refractivity contribution in [2.75, 3.05) is 13.1 Å². The summed E-state index contributed by atoms with van der Waals surface area (Å²) >= 11 is 0. The van der Waals surface area contributed by atoms with E-state index in [-0.39, 0.29) is 11.4 Å². The van der Waals surface area contributed by atoms with Crippen molar-refractivity contribution in [3.63, 3.8) is 0 Å². The largest absolute Gasteiger partial charge is 0.390 e. The van der Waals surface area contributed by atoms with E-state index >= 15 is 0 Å². The monoisotopic (exact) mass is 256 g/mol. The Kier molecular flexibility index (Phi) is 5.02. The summed E-state index contributed by atoms with van der Waals surface area (Å²) in [5, 5.41) is 15.6. The summed E-state index contributed by atoms with van der Waals surface area (Å²) in [7, 11) is 0. The number of urea groups is 1. The second kappa shape index (κ2) is 5.91. The van der Waals surface area contributed by atoms with Crippen LogP contribution >= 0.6 is 0 Å². The summed E-state index contributed by atoms with van der Waals surface area (Å²) in [6.45, 7) is 9.83. The van der Waals surface area contributed by atoms with E-state index in [0.29, 0.717) is 25.4 Å². The van der Waals surface area contributed by atoms with Crippen LogP contribution in [0.4, 0.5) is 4.79 Å². The summed E-state index contributed by atoms with van der Waals surface area (Å²) in [6, 6.07) is -0.133. The van der Waals surface area contributed by atoms with Gasteiger partial charge in [-0.25, -0.2) is 4.79 Å². The molecule has 1 aliphatic rings. The van der Waals surface area contributed by atoms with E-state index in [0.717, 1.165) is 19.3 Å². The Hall–Kier alpha value is -0.770. The first-order valence-corrected chi connectivity index (χ1v) is 6.99. The van der Waals surface area contributed by atoms with Crippen LogP contribution in [0.3, 0.4) is 0 Å². The van der Waals surface area contributed by atoms with Crippen LogP contribution < -0.4 is 10.6 Å². The zero-order chi connectivity index (χ0) is 13.8. The molecule has 0 radical (unpaired) electrons. The second-order valence-electron chi connectivity index (χ2n) is 6.58. The molecule has 0 aromatic heterocycles. The second-order valence-corrected chi connectivity index (χ2v) is 6.58. The Morgan fingerprint density at radius 3 is 2.39 bits per heavy atom. The van der Waals surface area contributed by atoms with Crippen LogP contribution in [0.2, 0.25) is 0 Å². The van der Waals surface area contributed by atoms with Gasteiger partial charge in [0.1, 0.15) is 0 Å². The van der Waals surface area contributed by atoms with Gasteiger partial charge in [-0.05, 0) is 37.0 Å². The smallest absolute Gasteiger partial charge is 0.314 e. The van der Waals surface area contributed by atoms with Crippen molar-refractivity contribution < 1.29 is 9.90 Å². The Bertz CT molecular complexity index is 284. The number of amides is 2. The summed E-state index contributed by atoms with van der Waals surface area (Å²) in [5.74, 6) is 0.522. The Morgan fingerprint density at radius 2 is 1.94 bits per heavy atom. The van der Waals surface area contributed by atoms with E-state index < -0.39 is 5.60 Å². The van der Waals surface area contributed by atoms with Gasteiger partial charge in [-0.15, -0.1) is 0 Å². The zero-order valence-electron chi connectivity index (χ0n) is 12.2. The van der Waals surface area contributed by atoms with Crippen LogP contribution in [0.15, 0.2) is 0 Å². The van der Waals surface area contributed by atoms with Crippen LogP contribution in [-0.4, -0.2) is 29.8 Å². The Labute approximate surface area is 111 Å². The van der Waals surface area contributed by atoms with Crippen molar-refractivity contribution in [2.45, 2.75) is 59.0 Å². The highest BCUT2D eigenvalue weighted by atomic mass is 16.3. The van der Waals surface area contributed by atoms with Gasteiger partial charge in [-0.1, -0.05) is 27.7 Å². The van der Waals surface area contributed by atoms with Gasteiger partial charge in [0.25, 0.3) is 0 Å². The number of rotatable bonds is 6. The third-order valence-corrected chi connectivity index (χ3v) is 4.43. The van der Waals surface area contributed by atoms with E-state index in [1.807, 2.05) is 0 Å². The molecule has 3 N–H and O–H groups in total. The normalized spacial score (nSPS) is 18.3. The van der Waals surface area contributed by atoms with E-state index in [4.69, 9.17) is 0 Å². The molecule has 106 valence electrons. The van der Waals surface area contributed by atoms with Gasteiger partial charge in [-0.2, -0.15) is 0 Å². The average Bonchev–Trinajstić information content (AvgIpc) is 2.24. The quantitative estimate of drug-likeness (QED) is 0.682. The van der Waals surface area contributed by atoms with E-state index in [1.165, 1.54) is 0 Å². The highest BCUT2D eigenvalue weighted by molar-refractivity contribution is 5.73. The van der Waals surface area contributed by atoms with Crippen LogP contribution in [0, 0.1) is 11.3 Å². The van der Waals surface area contributed by atoms with E-state index in [1.54, 1.807) is 0 Å². The molecule has 0 saturated heterocycles. The predicted molar refractivity (Wildman–Crippen MR) is 73.4 cm³/mol. The molecule has 0 bridgehead atoms. The first kappa shape index (κ1) is 15.3. The fourth-order valence-corrected chi connectivity index (χ4v) is 1.82. The SMILES string of the molecule is CC(C)C(C)(C)CNC(=O)NCCC1(O)CCC1. The molecule has 4 nitrogen and oxygen atoms in total. The molecule has 4 heteroatoms. The molecule has 1 rings (SSSR count). The topological polar surface area (TPSA) is 61.4 Å². The molecule has 0 aromatic carbocycles. The summed E-state index contributed by atoms with van der Waals surface area (Å²) in [4.78, 5) is 11.6. The summed E-state index contributed by atoms with van der Waals surface area (Å²) < 4.78 is 0. The Balaban J connectivity index is 2.14. The average molecular weight is 256 g/mol. The highest BCUT2D eigenvalue weighted by Gasteiger charge is 2.33. The number of nitrogens with one attached hydrogen (secondary N) is 2. The van der Waals surface area contributed by atoms with Gasteiger partial charge < -0.3 is 15.7 Å². The van der Waals surface area contributed by atoms with Crippen molar-refractivity contribution >= 4 is 6.03 Å². The maximum Gasteiger partial charge on any atom is 0.314 e. The van der Waals surface area contributed by atoms with Crippen LogP contribution in [0.5, 0.6) is 0 Å². The Morgan fingerprint density at radius 1 is 1.33 bits per heavy atom. The number of hydrogen-bond acceptors (Lipinski definition) is 2. The molecule has 18 heavy (non-hydrogen) atoms. The minimum absolute atomic E-state index is 0.101. The van der Waals surface area contributed by atoms with Gasteiger partial charge in [0.15, 0.2) is 0 Å². The van der Waals surface area contributed by atoms with Crippen LogP contribution in [0.25, 0.3) is 0 Å². The molecule has 0 atom stereocenters. The van der Waals surface area contributed by atoms with E-state index in [2.05, 4.69) is 38.3 Å².